The molecule has 0 aromatic heterocycles. The van der Waals surface area contributed by atoms with Crippen LogP contribution in [0.4, 0.5) is 0 Å². The van der Waals surface area contributed by atoms with Crippen LogP contribution in [0.25, 0.3) is 0 Å². The third-order valence-corrected chi connectivity index (χ3v) is 1.02. The molecule has 0 radical (unpaired) electrons. The van der Waals surface area contributed by atoms with E-state index < -0.39 is 5.97 Å². The topological polar surface area (TPSA) is 43.4 Å². The van der Waals surface area contributed by atoms with Gasteiger partial charge in [-0.15, -0.1) is 11.6 Å². The second kappa shape index (κ2) is 6.55. The van der Waals surface area contributed by atoms with Gasteiger partial charge in [0.2, 0.25) is 0 Å². The Balaban J connectivity index is 0. The molecule has 0 aromatic rings. The summed E-state index contributed by atoms with van der Waals surface area (Å²) < 4.78 is 4.20. The van der Waals surface area contributed by atoms with Gasteiger partial charge < -0.3 is 4.74 Å². The number of ketones is 1. The predicted octanol–water partition coefficient (Wildman–Crippen LogP) is 0.994. The Morgan fingerprint density at radius 3 is 2.30 bits per heavy atom. The number of Topliss-reactive ketones (excluding diaryl/α,β-unsaturated/α-hetero) is 1. The van der Waals surface area contributed by atoms with Crippen LogP contribution in [-0.2, 0) is 14.3 Å². The molecule has 0 spiro atoms. The lowest BCUT2D eigenvalue weighted by Gasteiger charge is -1.93. The Bertz CT molecular complexity index is 108. The summed E-state index contributed by atoms with van der Waals surface area (Å²) in [6.07, 6.45) is -0.222. The summed E-state index contributed by atoms with van der Waals surface area (Å²) in [6, 6.07) is 0. The summed E-state index contributed by atoms with van der Waals surface area (Å²) in [5.74, 6) is -0.987. The second-order valence-electron chi connectivity index (χ2n) is 1.43. The molecule has 0 unspecified atom stereocenters. The lowest BCUT2D eigenvalue weighted by Crippen LogP contribution is -2.09. The van der Waals surface area contributed by atoms with Gasteiger partial charge in [0.05, 0.1) is 13.0 Å². The number of methoxy groups -OCH3 is 1. The van der Waals surface area contributed by atoms with Gasteiger partial charge in [-0.3, -0.25) is 9.59 Å². The predicted molar refractivity (Wildman–Crippen MR) is 39.1 cm³/mol. The summed E-state index contributed by atoms with van der Waals surface area (Å²) in [6.45, 7) is 0. The van der Waals surface area contributed by atoms with Crippen LogP contribution in [0.2, 0.25) is 0 Å². The van der Waals surface area contributed by atoms with E-state index in [-0.39, 0.29) is 25.5 Å². The molecule has 10 heavy (non-hydrogen) atoms. The Morgan fingerprint density at radius 1 is 1.50 bits per heavy atom. The monoisotopic (exact) mass is 166 g/mol. The van der Waals surface area contributed by atoms with Crippen LogP contribution >= 0.6 is 11.6 Å². The van der Waals surface area contributed by atoms with Gasteiger partial charge in [0.1, 0.15) is 6.42 Å². The van der Waals surface area contributed by atoms with Gasteiger partial charge in [0.15, 0.2) is 5.78 Å². The molecule has 0 amide bonds. The second-order valence-corrected chi connectivity index (χ2v) is 1.69. The zero-order valence-corrected chi connectivity index (χ0v) is 5.77. The molecular formula is C6H11ClO3. The van der Waals surface area contributed by atoms with Crippen LogP contribution in [0.5, 0.6) is 0 Å². The SMILES string of the molecule is C.COC(=O)CC(=O)CCl. The van der Waals surface area contributed by atoms with Crippen molar-refractivity contribution in [2.24, 2.45) is 0 Å². The van der Waals surface area contributed by atoms with E-state index in [2.05, 4.69) is 4.74 Å². The number of rotatable bonds is 3. The average Bonchev–Trinajstić information content (AvgIpc) is 1.87. The number of alkyl halides is 1. The van der Waals surface area contributed by atoms with Crippen molar-refractivity contribution in [2.75, 3.05) is 13.0 Å². The minimum atomic E-state index is -0.541. The van der Waals surface area contributed by atoms with Crippen LogP contribution in [0.15, 0.2) is 0 Å². The van der Waals surface area contributed by atoms with Crippen molar-refractivity contribution in [3.8, 4) is 0 Å². The highest BCUT2D eigenvalue weighted by molar-refractivity contribution is 6.28. The largest absolute Gasteiger partial charge is 0.469 e. The Morgan fingerprint density at radius 2 is 2.00 bits per heavy atom. The molecule has 0 aliphatic rings. The third-order valence-electron chi connectivity index (χ3n) is 0.718. The first-order valence-electron chi connectivity index (χ1n) is 2.35. The maximum atomic E-state index is 10.3. The van der Waals surface area contributed by atoms with Crippen molar-refractivity contribution in [3.63, 3.8) is 0 Å². The number of carbonyl (C=O) groups is 2. The first-order chi connectivity index (χ1) is 4.20. The van der Waals surface area contributed by atoms with Crippen molar-refractivity contribution in [2.45, 2.75) is 13.8 Å². The van der Waals surface area contributed by atoms with E-state index in [9.17, 15) is 9.59 Å². The van der Waals surface area contributed by atoms with Gasteiger partial charge in [-0.1, -0.05) is 7.43 Å². The van der Waals surface area contributed by atoms with Crippen LogP contribution in [0.3, 0.4) is 0 Å². The Hall–Kier alpha value is -0.570. The number of halogens is 1. The molecule has 0 atom stereocenters. The normalized spacial score (nSPS) is 7.80. The number of carbonyl (C=O) groups excluding carboxylic acids is 2. The number of hydrogen-bond acceptors (Lipinski definition) is 3. The van der Waals surface area contributed by atoms with Crippen molar-refractivity contribution in [3.05, 3.63) is 0 Å². The zero-order valence-electron chi connectivity index (χ0n) is 5.02. The fourth-order valence-corrected chi connectivity index (χ4v) is 0.375. The minimum Gasteiger partial charge on any atom is -0.469 e. The average molecular weight is 167 g/mol. The van der Waals surface area contributed by atoms with Gasteiger partial charge in [0, 0.05) is 0 Å². The number of hydrogen-bond donors (Lipinski definition) is 0. The molecule has 0 heterocycles. The molecule has 0 rings (SSSR count). The quantitative estimate of drug-likeness (QED) is 0.357. The van der Waals surface area contributed by atoms with Gasteiger partial charge in [0.25, 0.3) is 0 Å². The highest BCUT2D eigenvalue weighted by atomic mass is 35.5. The highest BCUT2D eigenvalue weighted by Gasteiger charge is 2.06. The number of ether oxygens (including phenoxy) is 1. The van der Waals surface area contributed by atoms with Crippen molar-refractivity contribution >= 4 is 23.4 Å². The molecule has 0 fully saturated rings. The first kappa shape index (κ1) is 12.1. The van der Waals surface area contributed by atoms with E-state index in [0.29, 0.717) is 0 Å². The molecule has 0 aliphatic carbocycles. The smallest absolute Gasteiger partial charge is 0.313 e. The van der Waals surface area contributed by atoms with Crippen molar-refractivity contribution in [1.82, 2.24) is 0 Å². The van der Waals surface area contributed by atoms with Crippen LogP contribution in [0.1, 0.15) is 13.8 Å². The van der Waals surface area contributed by atoms with E-state index in [4.69, 9.17) is 11.6 Å². The molecule has 0 saturated heterocycles. The lowest BCUT2D eigenvalue weighted by atomic mass is 10.3. The first-order valence-corrected chi connectivity index (χ1v) is 2.88. The fourth-order valence-electron chi connectivity index (χ4n) is 0.280. The molecule has 0 aliphatic heterocycles. The minimum absolute atomic E-state index is 0. The van der Waals surface area contributed by atoms with Crippen molar-refractivity contribution < 1.29 is 14.3 Å². The molecule has 4 heteroatoms. The van der Waals surface area contributed by atoms with E-state index in [1.807, 2.05) is 0 Å². The molecule has 0 aromatic carbocycles. The summed E-state index contributed by atoms with van der Waals surface area (Å²) in [5, 5.41) is 0. The molecule has 3 nitrogen and oxygen atoms in total. The standard InChI is InChI=1S/C5H7ClO3.CH4/c1-9-5(8)2-4(7)3-6;/h2-3H2,1H3;1H4. The highest BCUT2D eigenvalue weighted by Crippen LogP contribution is 1.88. The van der Waals surface area contributed by atoms with Gasteiger partial charge in [-0.25, -0.2) is 0 Å². The van der Waals surface area contributed by atoms with Gasteiger partial charge in [-0.2, -0.15) is 0 Å². The van der Waals surface area contributed by atoms with E-state index in [1.54, 1.807) is 0 Å². The molecule has 60 valence electrons. The van der Waals surface area contributed by atoms with E-state index >= 15 is 0 Å². The Kier molecular flexibility index (Phi) is 7.95. The maximum Gasteiger partial charge on any atom is 0.313 e. The molecule has 0 N–H and O–H groups in total. The molecule has 0 bridgehead atoms. The molecule has 0 saturated carbocycles. The van der Waals surface area contributed by atoms with Gasteiger partial charge >= 0.3 is 5.97 Å². The van der Waals surface area contributed by atoms with Crippen LogP contribution in [0, 0.1) is 0 Å². The van der Waals surface area contributed by atoms with Crippen molar-refractivity contribution in [1.29, 1.82) is 0 Å². The summed E-state index contributed by atoms with van der Waals surface area (Å²) >= 11 is 5.10. The lowest BCUT2D eigenvalue weighted by molar-refractivity contribution is -0.142. The van der Waals surface area contributed by atoms with E-state index in [1.165, 1.54) is 7.11 Å². The van der Waals surface area contributed by atoms with Gasteiger partial charge in [-0.05, 0) is 0 Å². The summed E-state index contributed by atoms with van der Waals surface area (Å²) in [5.41, 5.74) is 0. The molecular weight excluding hydrogens is 156 g/mol. The summed E-state index contributed by atoms with van der Waals surface area (Å²) in [4.78, 5) is 20.6. The summed E-state index contributed by atoms with van der Waals surface area (Å²) in [7, 11) is 1.23. The zero-order chi connectivity index (χ0) is 7.28. The number of esters is 1. The fraction of sp³-hybridized carbons (Fsp3) is 0.667. The third kappa shape index (κ3) is 5.56. The van der Waals surface area contributed by atoms with E-state index in [0.717, 1.165) is 0 Å². The van der Waals surface area contributed by atoms with Crippen LogP contribution in [-0.4, -0.2) is 24.7 Å². The van der Waals surface area contributed by atoms with Crippen LogP contribution < -0.4 is 0 Å². The Labute approximate surface area is 65.3 Å². The maximum absolute atomic E-state index is 10.3.